The first kappa shape index (κ1) is 14.5. The molecule has 1 saturated heterocycles. The predicted molar refractivity (Wildman–Crippen MR) is 77.1 cm³/mol. The summed E-state index contributed by atoms with van der Waals surface area (Å²) in [6, 6.07) is 3.38. The highest BCUT2D eigenvalue weighted by Crippen LogP contribution is 2.33. The van der Waals surface area contributed by atoms with Crippen LogP contribution in [0, 0.1) is 5.82 Å². The number of phenolic OH excluding ortho intramolecular Hbond substituents is 1. The van der Waals surface area contributed by atoms with Crippen molar-refractivity contribution in [3.8, 4) is 5.75 Å². The van der Waals surface area contributed by atoms with Gasteiger partial charge in [-0.2, -0.15) is 0 Å². The third-order valence-electron chi connectivity index (χ3n) is 2.46. The van der Waals surface area contributed by atoms with Crippen molar-refractivity contribution in [1.29, 1.82) is 0 Å². The van der Waals surface area contributed by atoms with Gasteiger partial charge in [-0.3, -0.25) is 14.5 Å². The van der Waals surface area contributed by atoms with Crippen molar-refractivity contribution in [2.75, 3.05) is 6.54 Å². The van der Waals surface area contributed by atoms with Crippen LogP contribution in [-0.4, -0.2) is 32.7 Å². The molecule has 104 valence electrons. The molecule has 0 atom stereocenters. The highest BCUT2D eigenvalue weighted by Gasteiger charge is 2.33. The minimum absolute atomic E-state index is 0.157. The summed E-state index contributed by atoms with van der Waals surface area (Å²) in [7, 11) is 0. The number of halogens is 1. The van der Waals surface area contributed by atoms with Gasteiger partial charge in [-0.1, -0.05) is 24.0 Å². The second-order valence-electron chi connectivity index (χ2n) is 3.94. The number of thiocarbonyl (C=S) groups is 1. The van der Waals surface area contributed by atoms with Crippen LogP contribution in [0.25, 0.3) is 6.08 Å². The molecule has 20 heavy (non-hydrogen) atoms. The summed E-state index contributed by atoms with van der Waals surface area (Å²) < 4.78 is 13.3. The van der Waals surface area contributed by atoms with Crippen LogP contribution in [0.5, 0.6) is 5.75 Å². The highest BCUT2D eigenvalue weighted by molar-refractivity contribution is 8.26. The number of carbonyl (C=O) groups is 2. The van der Waals surface area contributed by atoms with Crippen molar-refractivity contribution < 1.29 is 19.1 Å². The number of rotatable bonds is 3. The van der Waals surface area contributed by atoms with E-state index in [1.54, 1.807) is 0 Å². The van der Waals surface area contributed by atoms with Crippen molar-refractivity contribution in [2.24, 2.45) is 5.73 Å². The second-order valence-corrected chi connectivity index (χ2v) is 5.61. The number of amides is 2. The van der Waals surface area contributed by atoms with E-state index in [-0.39, 0.29) is 27.1 Å². The molecule has 0 aromatic heterocycles. The van der Waals surface area contributed by atoms with Gasteiger partial charge in [0.1, 0.15) is 22.4 Å². The molecular formula is C12H9FN2O3S2. The largest absolute Gasteiger partial charge is 0.507 e. The number of thioether (sulfide) groups is 1. The van der Waals surface area contributed by atoms with Gasteiger partial charge in [0, 0.05) is 5.56 Å². The van der Waals surface area contributed by atoms with Crippen molar-refractivity contribution in [1.82, 2.24) is 4.90 Å². The summed E-state index contributed by atoms with van der Waals surface area (Å²) in [4.78, 5) is 24.1. The number of aromatic hydroxyl groups is 1. The Balaban J connectivity index is 2.32. The van der Waals surface area contributed by atoms with Gasteiger partial charge in [-0.05, 0) is 24.3 Å². The van der Waals surface area contributed by atoms with E-state index in [9.17, 15) is 19.1 Å². The van der Waals surface area contributed by atoms with Gasteiger partial charge in [0.15, 0.2) is 0 Å². The van der Waals surface area contributed by atoms with Crippen LogP contribution in [0.2, 0.25) is 0 Å². The number of nitrogens with zero attached hydrogens (tertiary/aromatic N) is 1. The Kier molecular flexibility index (Phi) is 4.05. The lowest BCUT2D eigenvalue weighted by Crippen LogP contribution is -2.36. The quantitative estimate of drug-likeness (QED) is 0.647. The van der Waals surface area contributed by atoms with Crippen LogP contribution < -0.4 is 5.73 Å². The molecule has 1 aliphatic heterocycles. The number of hydrogen-bond donors (Lipinski definition) is 2. The molecule has 0 unspecified atom stereocenters. The molecule has 2 rings (SSSR count). The molecular weight excluding hydrogens is 303 g/mol. The van der Waals surface area contributed by atoms with Gasteiger partial charge in [-0.15, -0.1) is 0 Å². The van der Waals surface area contributed by atoms with E-state index in [0.29, 0.717) is 0 Å². The summed E-state index contributed by atoms with van der Waals surface area (Å²) in [5.41, 5.74) is 5.18. The van der Waals surface area contributed by atoms with Gasteiger partial charge in [0.25, 0.3) is 5.91 Å². The Morgan fingerprint density at radius 3 is 2.90 bits per heavy atom. The third-order valence-corrected chi connectivity index (χ3v) is 3.84. The minimum atomic E-state index is -0.684. The lowest BCUT2D eigenvalue weighted by atomic mass is 10.2. The lowest BCUT2D eigenvalue weighted by molar-refractivity contribution is -0.127. The molecule has 0 saturated carbocycles. The maximum absolute atomic E-state index is 13.1. The standard InChI is InChI=1S/C12H9FN2O3S2/c13-7-1-2-8(16)6(3-7)4-9-11(18)15(5-10(14)17)12(19)20-9/h1-4,16H,5H2,(H2,14,17)/b9-4+. The number of carbonyl (C=O) groups excluding carboxylic acids is 2. The molecule has 0 aliphatic carbocycles. The Morgan fingerprint density at radius 2 is 2.25 bits per heavy atom. The number of phenols is 1. The summed E-state index contributed by atoms with van der Waals surface area (Å²) in [5, 5.41) is 9.61. The van der Waals surface area contributed by atoms with E-state index < -0.39 is 17.6 Å². The van der Waals surface area contributed by atoms with E-state index >= 15 is 0 Å². The van der Waals surface area contributed by atoms with Crippen molar-refractivity contribution in [3.63, 3.8) is 0 Å². The van der Waals surface area contributed by atoms with Crippen LogP contribution in [-0.2, 0) is 9.59 Å². The normalized spacial score (nSPS) is 17.1. The Hall–Kier alpha value is -1.93. The summed E-state index contributed by atoms with van der Waals surface area (Å²) >= 11 is 5.93. The molecule has 1 heterocycles. The molecule has 1 aromatic rings. The van der Waals surface area contributed by atoms with Crippen LogP contribution >= 0.6 is 24.0 Å². The monoisotopic (exact) mass is 312 g/mol. The predicted octanol–water partition coefficient (Wildman–Crippen LogP) is 1.22. The first-order chi connectivity index (χ1) is 9.38. The average Bonchev–Trinajstić information content (AvgIpc) is 2.61. The molecule has 2 amide bonds. The van der Waals surface area contributed by atoms with E-state index in [2.05, 4.69) is 0 Å². The third kappa shape index (κ3) is 2.97. The fourth-order valence-electron chi connectivity index (χ4n) is 1.57. The van der Waals surface area contributed by atoms with Crippen LogP contribution in [0.4, 0.5) is 4.39 Å². The van der Waals surface area contributed by atoms with E-state index in [4.69, 9.17) is 18.0 Å². The van der Waals surface area contributed by atoms with Crippen molar-refractivity contribution in [2.45, 2.75) is 0 Å². The molecule has 1 aliphatic rings. The molecule has 1 fully saturated rings. The van der Waals surface area contributed by atoms with Gasteiger partial charge in [0.05, 0.1) is 4.91 Å². The fraction of sp³-hybridized carbons (Fsp3) is 0.0833. The smallest absolute Gasteiger partial charge is 0.266 e. The fourth-order valence-corrected chi connectivity index (χ4v) is 2.82. The lowest BCUT2D eigenvalue weighted by Gasteiger charge is -2.10. The molecule has 3 N–H and O–H groups in total. The summed E-state index contributed by atoms with van der Waals surface area (Å²) in [6.45, 7) is -0.308. The number of nitrogens with two attached hydrogens (primary N) is 1. The number of benzene rings is 1. The number of hydrogen-bond acceptors (Lipinski definition) is 5. The van der Waals surface area contributed by atoms with Crippen LogP contribution in [0.3, 0.4) is 0 Å². The Morgan fingerprint density at radius 1 is 1.55 bits per heavy atom. The topological polar surface area (TPSA) is 83.6 Å². The first-order valence-corrected chi connectivity index (χ1v) is 6.63. The molecule has 0 radical (unpaired) electrons. The maximum atomic E-state index is 13.1. The number of primary amides is 1. The van der Waals surface area contributed by atoms with E-state index in [1.165, 1.54) is 12.1 Å². The second kappa shape index (κ2) is 5.59. The zero-order valence-corrected chi connectivity index (χ0v) is 11.6. The highest BCUT2D eigenvalue weighted by atomic mass is 32.2. The SMILES string of the molecule is NC(=O)CN1C(=O)/C(=C\c2cc(F)ccc2O)SC1=S. The maximum Gasteiger partial charge on any atom is 0.266 e. The van der Waals surface area contributed by atoms with Crippen LogP contribution in [0.15, 0.2) is 23.1 Å². The van der Waals surface area contributed by atoms with Gasteiger partial charge >= 0.3 is 0 Å². The zero-order valence-electron chi connectivity index (χ0n) is 10.00. The molecule has 1 aromatic carbocycles. The van der Waals surface area contributed by atoms with E-state index in [0.717, 1.165) is 28.8 Å². The summed E-state index contributed by atoms with van der Waals surface area (Å²) in [6.07, 6.45) is 1.32. The Labute approximate surface area is 123 Å². The molecule has 5 nitrogen and oxygen atoms in total. The molecule has 0 bridgehead atoms. The first-order valence-electron chi connectivity index (χ1n) is 5.40. The van der Waals surface area contributed by atoms with Crippen LogP contribution in [0.1, 0.15) is 5.56 Å². The van der Waals surface area contributed by atoms with Crippen molar-refractivity contribution >= 4 is 46.2 Å². The summed E-state index contributed by atoms with van der Waals surface area (Å²) in [5.74, 6) is -1.88. The van der Waals surface area contributed by atoms with Gasteiger partial charge in [-0.25, -0.2) is 4.39 Å². The molecule has 0 spiro atoms. The molecule has 8 heteroatoms. The minimum Gasteiger partial charge on any atom is -0.507 e. The van der Waals surface area contributed by atoms with Crippen molar-refractivity contribution in [3.05, 3.63) is 34.5 Å². The van der Waals surface area contributed by atoms with E-state index in [1.807, 2.05) is 0 Å². The Bertz CT molecular complexity index is 646. The van der Waals surface area contributed by atoms with Gasteiger partial charge < -0.3 is 10.8 Å². The van der Waals surface area contributed by atoms with Gasteiger partial charge in [0.2, 0.25) is 5.91 Å². The average molecular weight is 312 g/mol. The zero-order chi connectivity index (χ0) is 14.9.